The second-order valence-corrected chi connectivity index (χ2v) is 4.75. The minimum Gasteiger partial charge on any atom is -0.342 e. The van der Waals surface area contributed by atoms with E-state index in [1.54, 1.807) is 12.3 Å². The molecular formula is C15H17N5O. The zero-order valence-corrected chi connectivity index (χ0v) is 12.1. The fourth-order valence-corrected chi connectivity index (χ4v) is 2.10. The number of aryl methyl sites for hydroxylation is 1. The Balaban J connectivity index is 2.14. The van der Waals surface area contributed by atoms with E-state index in [-0.39, 0.29) is 11.9 Å². The maximum absolute atomic E-state index is 12.3. The number of imidazole rings is 1. The van der Waals surface area contributed by atoms with Crippen LogP contribution >= 0.6 is 0 Å². The molecule has 0 bridgehead atoms. The van der Waals surface area contributed by atoms with Crippen molar-refractivity contribution < 1.29 is 4.79 Å². The molecule has 0 saturated carbocycles. The highest BCUT2D eigenvalue weighted by atomic mass is 16.1. The largest absolute Gasteiger partial charge is 0.342 e. The van der Waals surface area contributed by atoms with Gasteiger partial charge in [-0.25, -0.2) is 9.97 Å². The van der Waals surface area contributed by atoms with Crippen molar-refractivity contribution in [2.45, 2.75) is 25.8 Å². The molecule has 0 aliphatic rings. The molecule has 0 radical (unpaired) electrons. The molecule has 2 aromatic heterocycles. The van der Waals surface area contributed by atoms with Gasteiger partial charge in [-0.2, -0.15) is 5.26 Å². The van der Waals surface area contributed by atoms with E-state index in [4.69, 9.17) is 5.26 Å². The lowest BCUT2D eigenvalue weighted by Gasteiger charge is -2.17. The Labute approximate surface area is 123 Å². The summed E-state index contributed by atoms with van der Waals surface area (Å²) in [5.41, 5.74) is 0.727. The van der Waals surface area contributed by atoms with Gasteiger partial charge in [0, 0.05) is 25.6 Å². The maximum atomic E-state index is 12.3. The number of nitrogens with zero attached hydrogens (tertiary/aromatic N) is 4. The Morgan fingerprint density at radius 1 is 1.48 bits per heavy atom. The number of aromatic nitrogens is 3. The summed E-state index contributed by atoms with van der Waals surface area (Å²) in [5.74, 6) is 0.611. The molecule has 0 aromatic carbocycles. The number of rotatable bonds is 5. The van der Waals surface area contributed by atoms with Crippen molar-refractivity contribution in [3.05, 3.63) is 47.8 Å². The van der Waals surface area contributed by atoms with Crippen LogP contribution in [-0.2, 0) is 7.05 Å². The van der Waals surface area contributed by atoms with Crippen LogP contribution in [0.4, 0.5) is 0 Å². The van der Waals surface area contributed by atoms with Crippen molar-refractivity contribution in [3.8, 4) is 6.07 Å². The minimum absolute atomic E-state index is 0.141. The van der Waals surface area contributed by atoms with E-state index in [2.05, 4.69) is 22.2 Å². The van der Waals surface area contributed by atoms with E-state index >= 15 is 0 Å². The van der Waals surface area contributed by atoms with Gasteiger partial charge in [0.05, 0.1) is 11.6 Å². The third-order valence-electron chi connectivity index (χ3n) is 3.19. The molecule has 0 spiro atoms. The molecule has 0 saturated heterocycles. The Kier molecular flexibility index (Phi) is 4.67. The molecule has 0 aliphatic heterocycles. The Morgan fingerprint density at radius 2 is 2.29 bits per heavy atom. The van der Waals surface area contributed by atoms with Crippen molar-refractivity contribution in [2.75, 3.05) is 0 Å². The molecule has 2 rings (SSSR count). The van der Waals surface area contributed by atoms with E-state index in [0.717, 1.165) is 18.7 Å². The summed E-state index contributed by atoms with van der Waals surface area (Å²) in [6, 6.07) is 4.92. The number of pyridine rings is 1. The summed E-state index contributed by atoms with van der Waals surface area (Å²) in [4.78, 5) is 20.5. The Morgan fingerprint density at radius 3 is 2.81 bits per heavy atom. The Hall–Kier alpha value is -2.68. The van der Waals surface area contributed by atoms with E-state index in [0.29, 0.717) is 11.3 Å². The van der Waals surface area contributed by atoms with E-state index in [1.165, 1.54) is 12.3 Å². The predicted octanol–water partition coefficient (Wildman–Crippen LogP) is 1.96. The van der Waals surface area contributed by atoms with E-state index in [1.807, 2.05) is 23.9 Å². The number of amides is 1. The molecule has 0 aliphatic carbocycles. The molecule has 6 nitrogen and oxygen atoms in total. The summed E-state index contributed by atoms with van der Waals surface area (Å²) in [7, 11) is 1.90. The lowest BCUT2D eigenvalue weighted by atomic mass is 10.1. The highest BCUT2D eigenvalue weighted by Gasteiger charge is 2.18. The van der Waals surface area contributed by atoms with Crippen LogP contribution < -0.4 is 5.32 Å². The topological polar surface area (TPSA) is 83.6 Å². The van der Waals surface area contributed by atoms with Crippen LogP contribution in [0.1, 0.15) is 47.7 Å². The summed E-state index contributed by atoms with van der Waals surface area (Å²) < 4.78 is 1.90. The first-order chi connectivity index (χ1) is 10.2. The van der Waals surface area contributed by atoms with Crippen LogP contribution in [0.15, 0.2) is 30.7 Å². The van der Waals surface area contributed by atoms with Gasteiger partial charge in [0.15, 0.2) is 0 Å². The molecule has 1 atom stereocenters. The van der Waals surface area contributed by atoms with Crippen molar-refractivity contribution in [3.63, 3.8) is 0 Å². The van der Waals surface area contributed by atoms with Gasteiger partial charge >= 0.3 is 0 Å². The quantitative estimate of drug-likeness (QED) is 0.909. The van der Waals surface area contributed by atoms with E-state index in [9.17, 15) is 4.79 Å². The van der Waals surface area contributed by atoms with Gasteiger partial charge in [-0.15, -0.1) is 0 Å². The average Bonchev–Trinajstić information content (AvgIpc) is 2.93. The number of hydrogen-bond donors (Lipinski definition) is 1. The molecule has 2 aromatic rings. The summed E-state index contributed by atoms with van der Waals surface area (Å²) in [6.07, 6.45) is 6.72. The molecule has 2 heterocycles. The molecule has 0 fully saturated rings. The fraction of sp³-hybridized carbons (Fsp3) is 0.333. The SMILES string of the molecule is CCCC(NC(=O)c1ccc(C#N)nc1)c1nccn1C. The second kappa shape index (κ2) is 6.66. The first-order valence-corrected chi connectivity index (χ1v) is 6.80. The molecule has 21 heavy (non-hydrogen) atoms. The van der Waals surface area contributed by atoms with Crippen molar-refractivity contribution >= 4 is 5.91 Å². The summed E-state index contributed by atoms with van der Waals surface area (Å²) >= 11 is 0. The van der Waals surface area contributed by atoms with Gasteiger partial charge in [0.25, 0.3) is 5.91 Å². The molecule has 6 heteroatoms. The second-order valence-electron chi connectivity index (χ2n) is 4.75. The summed E-state index contributed by atoms with van der Waals surface area (Å²) in [6.45, 7) is 2.06. The van der Waals surface area contributed by atoms with E-state index < -0.39 is 0 Å². The van der Waals surface area contributed by atoms with Gasteiger partial charge < -0.3 is 9.88 Å². The third kappa shape index (κ3) is 3.45. The molecule has 1 amide bonds. The highest BCUT2D eigenvalue weighted by Crippen LogP contribution is 2.17. The Bertz CT molecular complexity index is 653. The van der Waals surface area contributed by atoms with Crippen molar-refractivity contribution in [1.82, 2.24) is 19.9 Å². The molecule has 108 valence electrons. The van der Waals surface area contributed by atoms with Crippen LogP contribution in [0.25, 0.3) is 0 Å². The molecule has 1 unspecified atom stereocenters. The first kappa shape index (κ1) is 14.7. The van der Waals surface area contributed by atoms with Gasteiger partial charge in [-0.05, 0) is 18.6 Å². The smallest absolute Gasteiger partial charge is 0.253 e. The normalized spacial score (nSPS) is 11.7. The lowest BCUT2D eigenvalue weighted by Crippen LogP contribution is -2.30. The van der Waals surface area contributed by atoms with Crippen LogP contribution in [-0.4, -0.2) is 20.4 Å². The first-order valence-electron chi connectivity index (χ1n) is 6.80. The zero-order chi connectivity index (χ0) is 15.2. The fourth-order valence-electron chi connectivity index (χ4n) is 2.10. The van der Waals surface area contributed by atoms with Crippen molar-refractivity contribution in [2.24, 2.45) is 7.05 Å². The average molecular weight is 283 g/mol. The van der Waals surface area contributed by atoms with Crippen LogP contribution in [0, 0.1) is 11.3 Å². The lowest BCUT2D eigenvalue weighted by molar-refractivity contribution is 0.0931. The van der Waals surface area contributed by atoms with Gasteiger partial charge in [0.1, 0.15) is 17.6 Å². The summed E-state index contributed by atoms with van der Waals surface area (Å²) in [5, 5.41) is 11.7. The molecule has 1 N–H and O–H groups in total. The number of carbonyl (C=O) groups is 1. The van der Waals surface area contributed by atoms with Gasteiger partial charge in [0.2, 0.25) is 0 Å². The van der Waals surface area contributed by atoms with Gasteiger partial charge in [-0.3, -0.25) is 4.79 Å². The van der Waals surface area contributed by atoms with Crippen LogP contribution in [0.3, 0.4) is 0 Å². The maximum Gasteiger partial charge on any atom is 0.253 e. The number of nitrogens with one attached hydrogen (secondary N) is 1. The number of hydrogen-bond acceptors (Lipinski definition) is 4. The number of carbonyl (C=O) groups excluding carboxylic acids is 1. The zero-order valence-electron chi connectivity index (χ0n) is 12.1. The van der Waals surface area contributed by atoms with Crippen molar-refractivity contribution in [1.29, 1.82) is 5.26 Å². The highest BCUT2D eigenvalue weighted by molar-refractivity contribution is 5.94. The monoisotopic (exact) mass is 283 g/mol. The van der Waals surface area contributed by atoms with Crippen LogP contribution in [0.2, 0.25) is 0 Å². The molecular weight excluding hydrogens is 266 g/mol. The standard InChI is InChI=1S/C15H17N5O/c1-3-4-13(14-17-7-8-20(14)2)19-15(21)11-5-6-12(9-16)18-10-11/h5-8,10,13H,3-4H2,1-2H3,(H,19,21). The third-order valence-corrected chi connectivity index (χ3v) is 3.19. The predicted molar refractivity (Wildman–Crippen MR) is 77.3 cm³/mol. The van der Waals surface area contributed by atoms with Crippen LogP contribution in [0.5, 0.6) is 0 Å². The minimum atomic E-state index is -0.214. The number of nitriles is 1. The van der Waals surface area contributed by atoms with Gasteiger partial charge in [-0.1, -0.05) is 13.3 Å².